The molecule has 3 nitrogen and oxygen atoms in total. The van der Waals surface area contributed by atoms with Crippen LogP contribution in [-0.2, 0) is 11.2 Å². The first-order valence-corrected chi connectivity index (χ1v) is 5.57. The fourth-order valence-electron chi connectivity index (χ4n) is 1.55. The van der Waals surface area contributed by atoms with Gasteiger partial charge in [0.25, 0.3) is 0 Å². The topological polar surface area (TPSA) is 38.3 Å². The molecule has 1 amide bonds. The van der Waals surface area contributed by atoms with Crippen LogP contribution in [0.4, 0.5) is 0 Å². The highest BCUT2D eigenvalue weighted by Gasteiger charge is 2.08. The third kappa shape index (κ3) is 3.57. The summed E-state index contributed by atoms with van der Waals surface area (Å²) in [7, 11) is 1.62. The molecule has 0 aliphatic heterocycles. The van der Waals surface area contributed by atoms with E-state index < -0.39 is 0 Å². The van der Waals surface area contributed by atoms with Crippen molar-refractivity contribution in [3.05, 3.63) is 29.3 Å². The number of amides is 1. The Kier molecular flexibility index (Phi) is 4.83. The van der Waals surface area contributed by atoms with E-state index in [1.54, 1.807) is 7.11 Å². The van der Waals surface area contributed by atoms with Crippen molar-refractivity contribution in [1.29, 1.82) is 0 Å². The maximum atomic E-state index is 11.6. The van der Waals surface area contributed by atoms with E-state index >= 15 is 0 Å². The average Bonchev–Trinajstić information content (AvgIpc) is 2.27. The van der Waals surface area contributed by atoms with Crippen molar-refractivity contribution >= 4 is 5.91 Å². The highest BCUT2D eigenvalue weighted by molar-refractivity contribution is 5.79. The molecule has 0 fully saturated rings. The second kappa shape index (κ2) is 6.16. The molecule has 0 aliphatic rings. The molecule has 0 radical (unpaired) electrons. The van der Waals surface area contributed by atoms with Gasteiger partial charge in [0.1, 0.15) is 5.75 Å². The Labute approximate surface area is 96.8 Å². The minimum absolute atomic E-state index is 0.0470. The minimum Gasteiger partial charge on any atom is -0.496 e. The van der Waals surface area contributed by atoms with Gasteiger partial charge in [-0.15, -0.1) is 0 Å². The van der Waals surface area contributed by atoms with Crippen molar-refractivity contribution in [3.8, 4) is 5.75 Å². The smallest absolute Gasteiger partial charge is 0.224 e. The molecule has 0 atom stereocenters. The zero-order chi connectivity index (χ0) is 12.0. The zero-order valence-corrected chi connectivity index (χ0v) is 10.2. The van der Waals surface area contributed by atoms with Gasteiger partial charge in [-0.25, -0.2) is 0 Å². The SMILES string of the molecule is CCCNC(=O)Cc1cc(C)ccc1OC. The summed E-state index contributed by atoms with van der Waals surface area (Å²) in [5.41, 5.74) is 2.08. The summed E-state index contributed by atoms with van der Waals surface area (Å²) in [6.45, 7) is 4.77. The molecule has 0 saturated carbocycles. The number of hydrogen-bond acceptors (Lipinski definition) is 2. The molecule has 0 unspecified atom stereocenters. The molecule has 16 heavy (non-hydrogen) atoms. The van der Waals surface area contributed by atoms with E-state index in [1.807, 2.05) is 32.0 Å². The van der Waals surface area contributed by atoms with Crippen LogP contribution in [0.3, 0.4) is 0 Å². The molecule has 0 heterocycles. The van der Waals surface area contributed by atoms with Gasteiger partial charge in [-0.05, 0) is 19.4 Å². The number of carbonyl (C=O) groups excluding carboxylic acids is 1. The van der Waals surface area contributed by atoms with Crippen LogP contribution in [0.15, 0.2) is 18.2 Å². The maximum Gasteiger partial charge on any atom is 0.224 e. The van der Waals surface area contributed by atoms with Crippen molar-refractivity contribution in [1.82, 2.24) is 5.32 Å². The molecular formula is C13H19NO2. The van der Waals surface area contributed by atoms with Crippen LogP contribution in [0.2, 0.25) is 0 Å². The molecule has 0 bridgehead atoms. The Hall–Kier alpha value is -1.51. The van der Waals surface area contributed by atoms with Gasteiger partial charge >= 0.3 is 0 Å². The number of nitrogens with one attached hydrogen (secondary N) is 1. The van der Waals surface area contributed by atoms with Crippen LogP contribution in [0.1, 0.15) is 24.5 Å². The number of methoxy groups -OCH3 is 1. The van der Waals surface area contributed by atoms with Crippen LogP contribution in [-0.4, -0.2) is 19.6 Å². The van der Waals surface area contributed by atoms with Crippen molar-refractivity contribution in [2.75, 3.05) is 13.7 Å². The van der Waals surface area contributed by atoms with E-state index in [2.05, 4.69) is 5.32 Å². The number of ether oxygens (including phenoxy) is 1. The lowest BCUT2D eigenvalue weighted by Crippen LogP contribution is -2.25. The van der Waals surface area contributed by atoms with Crippen LogP contribution in [0.5, 0.6) is 5.75 Å². The molecule has 0 aromatic heterocycles. The third-order valence-corrected chi connectivity index (χ3v) is 2.36. The lowest BCUT2D eigenvalue weighted by molar-refractivity contribution is -0.120. The van der Waals surface area contributed by atoms with E-state index in [0.717, 1.165) is 29.8 Å². The van der Waals surface area contributed by atoms with Crippen LogP contribution < -0.4 is 10.1 Å². The second-order valence-corrected chi connectivity index (χ2v) is 3.84. The van der Waals surface area contributed by atoms with Gasteiger partial charge in [0.2, 0.25) is 5.91 Å². The molecule has 1 N–H and O–H groups in total. The maximum absolute atomic E-state index is 11.6. The van der Waals surface area contributed by atoms with Crippen molar-refractivity contribution in [3.63, 3.8) is 0 Å². The number of carbonyl (C=O) groups is 1. The molecule has 1 rings (SSSR count). The van der Waals surface area contributed by atoms with E-state index in [-0.39, 0.29) is 5.91 Å². The summed E-state index contributed by atoms with van der Waals surface area (Å²) in [4.78, 5) is 11.6. The lowest BCUT2D eigenvalue weighted by atomic mass is 10.1. The highest BCUT2D eigenvalue weighted by atomic mass is 16.5. The van der Waals surface area contributed by atoms with E-state index in [1.165, 1.54) is 0 Å². The summed E-state index contributed by atoms with van der Waals surface area (Å²) in [5.74, 6) is 0.822. The quantitative estimate of drug-likeness (QED) is 0.826. The van der Waals surface area contributed by atoms with Crippen molar-refractivity contribution in [2.24, 2.45) is 0 Å². The zero-order valence-electron chi connectivity index (χ0n) is 10.2. The van der Waals surface area contributed by atoms with E-state index in [0.29, 0.717) is 6.42 Å². The molecule has 1 aromatic carbocycles. The fourth-order valence-corrected chi connectivity index (χ4v) is 1.55. The van der Waals surface area contributed by atoms with Gasteiger partial charge in [0, 0.05) is 12.1 Å². The molecule has 3 heteroatoms. The number of aryl methyl sites for hydroxylation is 1. The summed E-state index contributed by atoms with van der Waals surface area (Å²) < 4.78 is 5.23. The van der Waals surface area contributed by atoms with Crippen LogP contribution in [0.25, 0.3) is 0 Å². The van der Waals surface area contributed by atoms with Crippen LogP contribution >= 0.6 is 0 Å². The summed E-state index contributed by atoms with van der Waals surface area (Å²) in [5, 5.41) is 2.86. The molecule has 1 aromatic rings. The Bertz CT molecular complexity index is 361. The fraction of sp³-hybridized carbons (Fsp3) is 0.462. The first kappa shape index (κ1) is 12.6. The molecule has 0 saturated heterocycles. The lowest BCUT2D eigenvalue weighted by Gasteiger charge is -2.09. The van der Waals surface area contributed by atoms with Crippen molar-refractivity contribution < 1.29 is 9.53 Å². The van der Waals surface area contributed by atoms with Gasteiger partial charge in [-0.1, -0.05) is 24.6 Å². The molecule has 88 valence electrons. The molecular weight excluding hydrogens is 202 g/mol. The Morgan fingerprint density at radius 1 is 1.44 bits per heavy atom. The van der Waals surface area contributed by atoms with Crippen LogP contribution in [0, 0.1) is 6.92 Å². The van der Waals surface area contributed by atoms with Gasteiger partial charge in [-0.2, -0.15) is 0 Å². The Morgan fingerprint density at radius 3 is 2.81 bits per heavy atom. The van der Waals surface area contributed by atoms with Gasteiger partial charge < -0.3 is 10.1 Å². The molecule has 0 aliphatic carbocycles. The predicted octanol–water partition coefficient (Wildman–Crippen LogP) is 2.07. The largest absolute Gasteiger partial charge is 0.496 e. The minimum atomic E-state index is 0.0470. The van der Waals surface area contributed by atoms with Gasteiger partial charge in [-0.3, -0.25) is 4.79 Å². The standard InChI is InChI=1S/C13H19NO2/c1-4-7-14-13(15)9-11-8-10(2)5-6-12(11)16-3/h5-6,8H,4,7,9H2,1-3H3,(H,14,15). The van der Waals surface area contributed by atoms with E-state index in [9.17, 15) is 4.79 Å². The molecule has 0 spiro atoms. The van der Waals surface area contributed by atoms with E-state index in [4.69, 9.17) is 4.74 Å². The first-order valence-electron chi connectivity index (χ1n) is 5.57. The van der Waals surface area contributed by atoms with Gasteiger partial charge in [0.15, 0.2) is 0 Å². The monoisotopic (exact) mass is 221 g/mol. The third-order valence-electron chi connectivity index (χ3n) is 2.36. The van der Waals surface area contributed by atoms with Crippen molar-refractivity contribution in [2.45, 2.75) is 26.7 Å². The highest BCUT2D eigenvalue weighted by Crippen LogP contribution is 2.19. The number of rotatable bonds is 5. The summed E-state index contributed by atoms with van der Waals surface area (Å²) >= 11 is 0. The van der Waals surface area contributed by atoms with Gasteiger partial charge in [0.05, 0.1) is 13.5 Å². The summed E-state index contributed by atoms with van der Waals surface area (Å²) in [6.07, 6.45) is 1.33. The average molecular weight is 221 g/mol. The normalized spacial score (nSPS) is 9.94. The Morgan fingerprint density at radius 2 is 2.19 bits per heavy atom. The number of hydrogen-bond donors (Lipinski definition) is 1. The number of benzene rings is 1. The first-order chi connectivity index (χ1) is 7.67. The predicted molar refractivity (Wildman–Crippen MR) is 64.7 cm³/mol. The summed E-state index contributed by atoms with van der Waals surface area (Å²) in [6, 6.07) is 5.87. The Balaban J connectivity index is 2.71. The second-order valence-electron chi connectivity index (χ2n) is 3.84.